The Balaban J connectivity index is 1.33. The Morgan fingerprint density at radius 3 is 2.69 bits per heavy atom. The molecule has 0 spiro atoms. The Hall–Kier alpha value is -3.47. The Kier molecular flexibility index (Phi) is 4.56. The Bertz CT molecular complexity index is 1070. The van der Waals surface area contributed by atoms with Gasteiger partial charge in [0.2, 0.25) is 5.88 Å². The number of ether oxygens (including phenoxy) is 1. The molecule has 0 bridgehead atoms. The lowest BCUT2D eigenvalue weighted by molar-refractivity contribution is 0.292. The summed E-state index contributed by atoms with van der Waals surface area (Å²) < 4.78 is 5.96. The molecular weight excluding hydrogens is 366 g/mol. The lowest BCUT2D eigenvalue weighted by atomic mass is 10.1. The summed E-state index contributed by atoms with van der Waals surface area (Å²) >= 11 is 0. The van der Waals surface area contributed by atoms with E-state index < -0.39 is 0 Å². The van der Waals surface area contributed by atoms with Gasteiger partial charge in [0.1, 0.15) is 12.4 Å². The highest BCUT2D eigenvalue weighted by atomic mass is 16.5. The number of hydrogen-bond acceptors (Lipinski definition) is 8. The molecule has 1 aliphatic carbocycles. The van der Waals surface area contributed by atoms with Crippen molar-refractivity contribution in [3.63, 3.8) is 0 Å². The van der Waals surface area contributed by atoms with Gasteiger partial charge in [0.05, 0.1) is 29.3 Å². The van der Waals surface area contributed by atoms with Gasteiger partial charge < -0.3 is 14.5 Å². The standard InChI is InChI=1S/C21H21N7O/c22-12-16-5-6-25-26-20(16)28-9-7-27(8-10-28)17-3-4-19-18(11-17)21(24-14-23-19)29-13-15-1-2-15/h3-6,11,14-15H,1-2,7-10,13H2. The molecule has 3 aromatic rings. The number of rotatable bonds is 5. The zero-order valence-electron chi connectivity index (χ0n) is 16.0. The summed E-state index contributed by atoms with van der Waals surface area (Å²) in [5, 5.41) is 18.4. The Labute approximate surface area is 168 Å². The van der Waals surface area contributed by atoms with Crippen molar-refractivity contribution in [3.05, 3.63) is 42.4 Å². The first-order chi connectivity index (χ1) is 14.3. The largest absolute Gasteiger partial charge is 0.477 e. The number of fused-ring (bicyclic) bond motifs is 1. The smallest absolute Gasteiger partial charge is 0.224 e. The van der Waals surface area contributed by atoms with E-state index in [-0.39, 0.29) is 0 Å². The minimum atomic E-state index is 0.564. The molecule has 2 fully saturated rings. The van der Waals surface area contributed by atoms with E-state index in [0.29, 0.717) is 23.2 Å². The highest BCUT2D eigenvalue weighted by Crippen LogP contribution is 2.32. The summed E-state index contributed by atoms with van der Waals surface area (Å²) in [6, 6.07) is 10.2. The van der Waals surface area contributed by atoms with E-state index in [9.17, 15) is 5.26 Å². The molecule has 1 saturated heterocycles. The van der Waals surface area contributed by atoms with Crippen LogP contribution in [0.1, 0.15) is 18.4 Å². The highest BCUT2D eigenvalue weighted by Gasteiger charge is 2.23. The number of piperazine rings is 1. The molecule has 146 valence electrons. The molecule has 0 amide bonds. The third-order valence-corrected chi connectivity index (χ3v) is 5.50. The highest BCUT2D eigenvalue weighted by molar-refractivity contribution is 5.86. The Morgan fingerprint density at radius 2 is 1.90 bits per heavy atom. The topological polar surface area (TPSA) is 91.1 Å². The third-order valence-electron chi connectivity index (χ3n) is 5.50. The molecule has 5 rings (SSSR count). The van der Waals surface area contributed by atoms with Crippen molar-refractivity contribution in [2.45, 2.75) is 12.8 Å². The minimum absolute atomic E-state index is 0.564. The summed E-state index contributed by atoms with van der Waals surface area (Å²) in [5.41, 5.74) is 2.59. The van der Waals surface area contributed by atoms with Crippen LogP contribution in [0, 0.1) is 17.2 Å². The maximum absolute atomic E-state index is 9.31. The SMILES string of the molecule is N#Cc1ccnnc1N1CCN(c2ccc3ncnc(OCC4CC4)c3c2)CC1. The molecule has 8 nitrogen and oxygen atoms in total. The fourth-order valence-electron chi connectivity index (χ4n) is 3.64. The van der Waals surface area contributed by atoms with E-state index in [1.54, 1.807) is 18.6 Å². The van der Waals surface area contributed by atoms with Crippen molar-refractivity contribution in [3.8, 4) is 11.9 Å². The molecular formula is C21H21N7O. The van der Waals surface area contributed by atoms with Crippen LogP contribution < -0.4 is 14.5 Å². The van der Waals surface area contributed by atoms with E-state index in [1.807, 2.05) is 6.07 Å². The van der Waals surface area contributed by atoms with Gasteiger partial charge in [0.25, 0.3) is 0 Å². The van der Waals surface area contributed by atoms with Crippen LogP contribution >= 0.6 is 0 Å². The van der Waals surface area contributed by atoms with Gasteiger partial charge in [-0.3, -0.25) is 0 Å². The maximum Gasteiger partial charge on any atom is 0.224 e. The zero-order chi connectivity index (χ0) is 19.6. The monoisotopic (exact) mass is 387 g/mol. The van der Waals surface area contributed by atoms with Gasteiger partial charge in [-0.05, 0) is 43.0 Å². The fourth-order valence-corrected chi connectivity index (χ4v) is 3.64. The van der Waals surface area contributed by atoms with Gasteiger partial charge in [0, 0.05) is 31.9 Å². The molecule has 1 saturated carbocycles. The van der Waals surface area contributed by atoms with E-state index in [2.05, 4.69) is 48.2 Å². The van der Waals surface area contributed by atoms with E-state index in [4.69, 9.17) is 4.74 Å². The van der Waals surface area contributed by atoms with E-state index in [0.717, 1.165) is 49.4 Å². The number of aromatic nitrogens is 4. The van der Waals surface area contributed by atoms with E-state index in [1.165, 1.54) is 12.8 Å². The lowest BCUT2D eigenvalue weighted by Gasteiger charge is -2.36. The number of nitriles is 1. The lowest BCUT2D eigenvalue weighted by Crippen LogP contribution is -2.47. The maximum atomic E-state index is 9.31. The minimum Gasteiger partial charge on any atom is -0.477 e. The van der Waals surface area contributed by atoms with Crippen LogP contribution in [0.3, 0.4) is 0 Å². The first-order valence-corrected chi connectivity index (χ1v) is 9.91. The van der Waals surface area contributed by atoms with E-state index >= 15 is 0 Å². The summed E-state index contributed by atoms with van der Waals surface area (Å²) in [7, 11) is 0. The van der Waals surface area contributed by atoms with Gasteiger partial charge in [-0.1, -0.05) is 0 Å². The van der Waals surface area contributed by atoms with Crippen LogP contribution in [-0.2, 0) is 0 Å². The second-order valence-corrected chi connectivity index (χ2v) is 7.49. The summed E-state index contributed by atoms with van der Waals surface area (Å²) in [6.45, 7) is 3.95. The van der Waals surface area contributed by atoms with Crippen LogP contribution in [0.5, 0.6) is 5.88 Å². The molecule has 29 heavy (non-hydrogen) atoms. The second kappa shape index (κ2) is 7.51. The van der Waals surface area contributed by atoms with Crippen molar-refractivity contribution >= 4 is 22.4 Å². The first kappa shape index (κ1) is 17.6. The predicted molar refractivity (Wildman–Crippen MR) is 109 cm³/mol. The van der Waals surface area contributed by atoms with Crippen molar-refractivity contribution < 1.29 is 4.74 Å². The van der Waals surface area contributed by atoms with Crippen molar-refractivity contribution in [1.82, 2.24) is 20.2 Å². The average molecular weight is 387 g/mol. The predicted octanol–water partition coefficient (Wildman–Crippen LogP) is 2.41. The normalized spacial score (nSPS) is 16.7. The first-order valence-electron chi connectivity index (χ1n) is 9.91. The fraction of sp³-hybridized carbons (Fsp3) is 0.381. The molecule has 0 radical (unpaired) electrons. The van der Waals surface area contributed by atoms with Gasteiger partial charge in [-0.15, -0.1) is 5.10 Å². The molecule has 0 N–H and O–H groups in total. The number of nitrogens with zero attached hydrogens (tertiary/aromatic N) is 7. The van der Waals surface area contributed by atoms with Gasteiger partial charge in [0.15, 0.2) is 5.82 Å². The molecule has 0 unspecified atom stereocenters. The van der Waals surface area contributed by atoms with Crippen molar-refractivity contribution in [2.75, 3.05) is 42.6 Å². The van der Waals surface area contributed by atoms with Crippen molar-refractivity contribution in [2.24, 2.45) is 5.92 Å². The van der Waals surface area contributed by atoms with Crippen LogP contribution in [0.2, 0.25) is 0 Å². The van der Waals surface area contributed by atoms with Crippen molar-refractivity contribution in [1.29, 1.82) is 5.26 Å². The molecule has 8 heteroatoms. The number of anilines is 2. The molecule has 1 aliphatic heterocycles. The van der Waals surface area contributed by atoms with Crippen LogP contribution in [0.15, 0.2) is 36.8 Å². The van der Waals surface area contributed by atoms with Gasteiger partial charge in [-0.25, -0.2) is 9.97 Å². The molecule has 2 aliphatic rings. The third kappa shape index (κ3) is 3.63. The zero-order valence-corrected chi connectivity index (χ0v) is 16.0. The van der Waals surface area contributed by atoms with Gasteiger partial charge in [-0.2, -0.15) is 10.4 Å². The van der Waals surface area contributed by atoms with Gasteiger partial charge >= 0.3 is 0 Å². The molecule has 0 atom stereocenters. The molecule has 1 aromatic carbocycles. The quantitative estimate of drug-likeness (QED) is 0.659. The molecule has 2 aromatic heterocycles. The van der Waals surface area contributed by atoms with Crippen LogP contribution in [0.4, 0.5) is 11.5 Å². The molecule has 3 heterocycles. The summed E-state index contributed by atoms with van der Waals surface area (Å²) in [6.07, 6.45) is 5.62. The number of hydrogen-bond donors (Lipinski definition) is 0. The summed E-state index contributed by atoms with van der Waals surface area (Å²) in [4.78, 5) is 13.2. The summed E-state index contributed by atoms with van der Waals surface area (Å²) in [5.74, 6) is 2.01. The average Bonchev–Trinajstić information content (AvgIpc) is 3.62. The van der Waals surface area contributed by atoms with Crippen LogP contribution in [-0.4, -0.2) is 53.0 Å². The van der Waals surface area contributed by atoms with Crippen LogP contribution in [0.25, 0.3) is 10.9 Å². The Morgan fingerprint density at radius 1 is 1.07 bits per heavy atom. The number of benzene rings is 1. The second-order valence-electron chi connectivity index (χ2n) is 7.49.